The van der Waals surface area contributed by atoms with Gasteiger partial charge in [-0.1, -0.05) is 13.2 Å². The lowest BCUT2D eigenvalue weighted by Crippen LogP contribution is -2.35. The fraction of sp³-hybridized carbons (Fsp3) is 0.250. The molecular formula is C8H10O8Si5. The maximum Gasteiger partial charge on any atom is 0.731 e. The Morgan fingerprint density at radius 1 is 0.952 bits per heavy atom. The van der Waals surface area contributed by atoms with Crippen molar-refractivity contribution >= 4 is 62.0 Å². The topological polar surface area (TPSA) is 89.5 Å². The second kappa shape index (κ2) is 11.9. The van der Waals surface area contributed by atoms with Gasteiger partial charge in [-0.25, -0.2) is 9.59 Å². The molecule has 0 spiro atoms. The molecule has 0 heterocycles. The molecule has 110 valence electrons. The molecule has 8 nitrogen and oxygen atoms in total. The quantitative estimate of drug-likeness (QED) is 0.257. The molecule has 0 saturated carbocycles. The Balaban J connectivity index is 4.24. The molecule has 0 aliphatic carbocycles. The largest absolute Gasteiger partial charge is 0.731 e. The van der Waals surface area contributed by atoms with Crippen molar-refractivity contribution in [3.8, 4) is 0 Å². The van der Waals surface area contributed by atoms with E-state index in [1.54, 1.807) is 0 Å². The van der Waals surface area contributed by atoms with Crippen molar-refractivity contribution in [2.24, 2.45) is 0 Å². The summed E-state index contributed by atoms with van der Waals surface area (Å²) in [4.78, 5) is 22.8. The van der Waals surface area contributed by atoms with E-state index in [1.807, 2.05) is 0 Å². The zero-order valence-electron chi connectivity index (χ0n) is 11.2. The predicted octanol–water partition coefficient (Wildman–Crippen LogP) is -1.04. The van der Waals surface area contributed by atoms with E-state index in [0.717, 1.165) is 0 Å². The Morgan fingerprint density at radius 2 is 1.43 bits per heavy atom. The maximum absolute atomic E-state index is 11.4. The summed E-state index contributed by atoms with van der Waals surface area (Å²) in [5.41, 5.74) is 0.301. The van der Waals surface area contributed by atoms with Crippen LogP contribution in [0.2, 0.25) is 0 Å². The molecule has 0 aromatic rings. The number of hydrogen-bond donors (Lipinski definition) is 0. The fourth-order valence-corrected chi connectivity index (χ4v) is 3.71. The van der Waals surface area contributed by atoms with Crippen LogP contribution >= 0.6 is 0 Å². The highest BCUT2D eigenvalue weighted by atomic mass is 28.4. The molecule has 0 amide bonds. The highest BCUT2D eigenvalue weighted by molar-refractivity contribution is 6.52. The summed E-state index contributed by atoms with van der Waals surface area (Å²) in [6.45, 7) is 9.74. The van der Waals surface area contributed by atoms with Crippen LogP contribution in [0.1, 0.15) is 13.8 Å². The summed E-state index contributed by atoms with van der Waals surface area (Å²) >= 11 is 0. The molecule has 21 heavy (non-hydrogen) atoms. The highest BCUT2D eigenvalue weighted by Gasteiger charge is 2.31. The van der Waals surface area contributed by atoms with E-state index in [9.17, 15) is 9.59 Å². The van der Waals surface area contributed by atoms with E-state index >= 15 is 0 Å². The first-order valence-electron chi connectivity index (χ1n) is 5.06. The first-order valence-corrected chi connectivity index (χ1v) is 9.15. The van der Waals surface area contributed by atoms with Gasteiger partial charge in [0, 0.05) is 11.1 Å². The first-order chi connectivity index (χ1) is 9.88. The van der Waals surface area contributed by atoms with Crippen molar-refractivity contribution in [2.75, 3.05) is 0 Å². The second-order valence-corrected chi connectivity index (χ2v) is 7.92. The van der Waals surface area contributed by atoms with Gasteiger partial charge in [-0.05, 0) is 13.8 Å². The predicted molar refractivity (Wildman–Crippen MR) is 74.9 cm³/mol. The van der Waals surface area contributed by atoms with E-state index in [2.05, 4.69) is 27.8 Å². The summed E-state index contributed by atoms with van der Waals surface area (Å²) in [5.74, 6) is -1.45. The average Bonchev–Trinajstić information content (AvgIpc) is 2.41. The number of carbonyl (C=O) groups is 2. The minimum atomic E-state index is -2.65. The molecule has 0 unspecified atom stereocenters. The zero-order chi connectivity index (χ0) is 16.3. The van der Waals surface area contributed by atoms with Gasteiger partial charge in [0.1, 0.15) is 0 Å². The summed E-state index contributed by atoms with van der Waals surface area (Å²) in [6, 6.07) is 0. The van der Waals surface area contributed by atoms with Gasteiger partial charge in [0.25, 0.3) is 0 Å². The molecule has 0 bridgehead atoms. The Bertz CT molecular complexity index is 361. The van der Waals surface area contributed by atoms with Crippen molar-refractivity contribution in [1.29, 1.82) is 0 Å². The molecule has 13 heteroatoms. The maximum atomic E-state index is 11.4. The van der Waals surface area contributed by atoms with E-state index in [-0.39, 0.29) is 31.2 Å². The molecule has 0 rings (SSSR count). The minimum absolute atomic E-state index is 0.150. The van der Waals surface area contributed by atoms with Crippen molar-refractivity contribution in [3.05, 3.63) is 24.3 Å². The van der Waals surface area contributed by atoms with Crippen molar-refractivity contribution in [3.63, 3.8) is 0 Å². The standard InChI is InChI=1S/C8H10O8Si5/c1-5(2)7(9)11-21(12-8(10)6(3)4)16-20-15-19-14-18-13-17/h1,3H2,2,4H3. The van der Waals surface area contributed by atoms with Gasteiger partial charge in [0.05, 0.1) is 0 Å². The summed E-state index contributed by atoms with van der Waals surface area (Å²) < 4.78 is 29.1. The van der Waals surface area contributed by atoms with Crippen molar-refractivity contribution < 1.29 is 34.9 Å². The lowest BCUT2D eigenvalue weighted by Gasteiger charge is -2.13. The lowest BCUT2D eigenvalue weighted by atomic mass is 10.4. The third-order valence-corrected chi connectivity index (χ3v) is 4.75. The third kappa shape index (κ3) is 10.7. The third-order valence-electron chi connectivity index (χ3n) is 1.38. The van der Waals surface area contributed by atoms with E-state index in [1.165, 1.54) is 13.8 Å². The fourth-order valence-electron chi connectivity index (χ4n) is 0.519. The Labute approximate surface area is 135 Å². The van der Waals surface area contributed by atoms with Crippen LogP contribution in [0, 0.1) is 0 Å². The van der Waals surface area contributed by atoms with Crippen LogP contribution < -0.4 is 0 Å². The molecular weight excluding hydrogens is 365 g/mol. The molecule has 0 saturated heterocycles. The van der Waals surface area contributed by atoms with Crippen LogP contribution in [0.4, 0.5) is 0 Å². The Hall–Kier alpha value is -0.656. The monoisotopic (exact) mass is 374 g/mol. The van der Waals surface area contributed by atoms with Gasteiger partial charge >= 0.3 is 51.5 Å². The van der Waals surface area contributed by atoms with E-state index in [0.29, 0.717) is 0 Å². The number of rotatable bonds is 11. The second-order valence-electron chi connectivity index (χ2n) is 3.25. The van der Waals surface area contributed by atoms with Crippen LogP contribution in [0.5, 0.6) is 0 Å². The van der Waals surface area contributed by atoms with Gasteiger partial charge in [-0.15, -0.1) is 0 Å². The van der Waals surface area contributed by atoms with Crippen LogP contribution in [0.15, 0.2) is 24.3 Å². The SMILES string of the molecule is C=C(C)C(=O)O[Si](O[Si]O[Si]O[Si]O[Si])OC(=O)C(=C)C. The van der Waals surface area contributed by atoms with Crippen molar-refractivity contribution in [2.45, 2.75) is 13.8 Å². The molecule has 10 radical (unpaired) electrons. The molecule has 0 aliphatic heterocycles. The van der Waals surface area contributed by atoms with E-state index < -0.39 is 31.5 Å². The van der Waals surface area contributed by atoms with Crippen LogP contribution in [-0.2, 0) is 34.9 Å². The first kappa shape index (κ1) is 20.3. The van der Waals surface area contributed by atoms with Crippen molar-refractivity contribution in [1.82, 2.24) is 0 Å². The molecule has 0 atom stereocenters. The molecule has 0 aliphatic rings. The average molecular weight is 375 g/mol. The summed E-state index contributed by atoms with van der Waals surface area (Å²) in [5, 5.41) is 0. The lowest BCUT2D eigenvalue weighted by molar-refractivity contribution is -0.137. The Kier molecular flexibility index (Phi) is 11.6. The number of hydrogen-bond acceptors (Lipinski definition) is 8. The summed E-state index contributed by atoms with van der Waals surface area (Å²) in [7, 11) is -1.00. The molecule has 0 aromatic heterocycles. The Morgan fingerprint density at radius 3 is 1.86 bits per heavy atom. The van der Waals surface area contributed by atoms with Crippen LogP contribution in [-0.4, -0.2) is 62.0 Å². The van der Waals surface area contributed by atoms with Crippen LogP contribution in [0.25, 0.3) is 0 Å². The van der Waals surface area contributed by atoms with E-state index in [4.69, 9.17) is 21.2 Å². The summed E-state index contributed by atoms with van der Waals surface area (Å²) in [6.07, 6.45) is 0. The minimum Gasteiger partial charge on any atom is -0.458 e. The highest BCUT2D eigenvalue weighted by Crippen LogP contribution is 2.02. The van der Waals surface area contributed by atoms with Gasteiger partial charge in [0.15, 0.2) is 0 Å². The molecule has 0 aromatic carbocycles. The smallest absolute Gasteiger partial charge is 0.458 e. The molecule has 0 N–H and O–H groups in total. The number of carbonyl (C=O) groups excluding carboxylic acids is 2. The normalized spacial score (nSPS) is 10.3. The van der Waals surface area contributed by atoms with Gasteiger partial charge in [-0.2, -0.15) is 0 Å². The van der Waals surface area contributed by atoms with Gasteiger partial charge in [0.2, 0.25) is 10.5 Å². The molecule has 0 fully saturated rings. The van der Waals surface area contributed by atoms with Gasteiger partial charge < -0.3 is 25.3 Å². The van der Waals surface area contributed by atoms with Gasteiger partial charge in [-0.3, -0.25) is 0 Å². The zero-order valence-corrected chi connectivity index (χ0v) is 16.2. The van der Waals surface area contributed by atoms with Crippen LogP contribution in [0.3, 0.4) is 0 Å².